The summed E-state index contributed by atoms with van der Waals surface area (Å²) in [7, 11) is 6.79. The van der Waals surface area contributed by atoms with Crippen molar-refractivity contribution in [3.05, 3.63) is 149 Å². The summed E-state index contributed by atoms with van der Waals surface area (Å²) in [5, 5.41) is 4.32. The topological polar surface area (TPSA) is 113 Å². The molecule has 5 heterocycles. The third kappa shape index (κ3) is 5.12. The van der Waals surface area contributed by atoms with Gasteiger partial charge in [-0.3, -0.25) is 4.98 Å². The molecule has 0 aliphatic carbocycles. The molecule has 0 unspecified atom stereocenters. The van der Waals surface area contributed by atoms with Crippen molar-refractivity contribution in [3.63, 3.8) is 0 Å². The van der Waals surface area contributed by atoms with Crippen LogP contribution in [0.15, 0.2) is 116 Å². The molecule has 0 saturated carbocycles. The van der Waals surface area contributed by atoms with Crippen LogP contribution in [-0.4, -0.2) is 53.4 Å². The number of rotatable bonds is 10. The monoisotopic (exact) mass is 687 g/mol. The standard InChI is InChI=1S/C43H37N5O4/c1-49-25-6-11-37-29(15-25)33(20-45-37)42(34-21-46-38-12-7-26(50-2)16-30(34)38)24-5-10-41(44-19-24)43(35-22-47-39-13-8-27(51-3)17-31(35)39)36-23-48-40-14-9-28(52-4)18-32(36)40/h5-23,42-43,45-48H,1-4H3. The van der Waals surface area contributed by atoms with Gasteiger partial charge in [-0.2, -0.15) is 0 Å². The van der Waals surface area contributed by atoms with Crippen LogP contribution in [0.25, 0.3) is 43.6 Å². The van der Waals surface area contributed by atoms with Crippen molar-refractivity contribution in [2.45, 2.75) is 11.8 Å². The number of H-pyrrole nitrogens is 4. The molecule has 0 radical (unpaired) electrons. The van der Waals surface area contributed by atoms with Crippen molar-refractivity contribution in [2.75, 3.05) is 28.4 Å². The van der Waals surface area contributed by atoms with Gasteiger partial charge in [-0.05, 0) is 107 Å². The number of pyridine rings is 1. The molecule has 5 aromatic heterocycles. The SMILES string of the molecule is COc1ccc2[nH]cc(C(c3ccc(C(c4c[nH]c5ccc(OC)cc45)c4c[nH]c5ccc(OC)cc45)nc3)c3c[nH]c4ccc(OC)cc34)c2c1. The number of hydrogen-bond donors (Lipinski definition) is 4. The molecule has 52 heavy (non-hydrogen) atoms. The van der Waals surface area contributed by atoms with Crippen LogP contribution in [0.2, 0.25) is 0 Å². The fraction of sp³-hybridized carbons (Fsp3) is 0.140. The summed E-state index contributed by atoms with van der Waals surface area (Å²) in [6.45, 7) is 0. The average molecular weight is 688 g/mol. The minimum atomic E-state index is -0.205. The van der Waals surface area contributed by atoms with E-state index in [1.807, 2.05) is 30.5 Å². The zero-order valence-corrected chi connectivity index (χ0v) is 29.2. The quantitative estimate of drug-likeness (QED) is 0.114. The summed E-state index contributed by atoms with van der Waals surface area (Å²) in [4.78, 5) is 19.3. The molecule has 0 aliphatic rings. The van der Waals surface area contributed by atoms with Gasteiger partial charge in [0.15, 0.2) is 0 Å². The summed E-state index contributed by atoms with van der Waals surface area (Å²) in [5.41, 5.74) is 10.5. The normalized spacial score (nSPS) is 11.8. The van der Waals surface area contributed by atoms with E-state index in [1.165, 1.54) is 0 Å². The summed E-state index contributed by atoms with van der Waals surface area (Å²) in [5.74, 6) is 2.83. The Morgan fingerprint density at radius 1 is 0.423 bits per heavy atom. The van der Waals surface area contributed by atoms with E-state index in [0.29, 0.717) is 0 Å². The maximum Gasteiger partial charge on any atom is 0.119 e. The molecule has 0 amide bonds. The van der Waals surface area contributed by atoms with Crippen molar-refractivity contribution < 1.29 is 18.9 Å². The summed E-state index contributed by atoms with van der Waals surface area (Å²) < 4.78 is 22.6. The first-order chi connectivity index (χ1) is 25.6. The van der Waals surface area contributed by atoms with Gasteiger partial charge < -0.3 is 38.9 Å². The third-order valence-electron chi connectivity index (χ3n) is 10.4. The molecule has 0 bridgehead atoms. The highest BCUT2D eigenvalue weighted by Gasteiger charge is 2.28. The first-order valence-electron chi connectivity index (χ1n) is 17.1. The maximum absolute atomic E-state index is 5.66. The lowest BCUT2D eigenvalue weighted by Crippen LogP contribution is -2.08. The van der Waals surface area contributed by atoms with Crippen LogP contribution in [0.4, 0.5) is 0 Å². The number of aromatic amines is 4. The van der Waals surface area contributed by atoms with E-state index in [-0.39, 0.29) is 11.8 Å². The van der Waals surface area contributed by atoms with Crippen molar-refractivity contribution in [1.29, 1.82) is 0 Å². The van der Waals surface area contributed by atoms with E-state index in [1.54, 1.807) is 28.4 Å². The average Bonchev–Trinajstić information content (AvgIpc) is 4.01. The van der Waals surface area contributed by atoms with Crippen molar-refractivity contribution >= 4 is 43.6 Å². The lowest BCUT2D eigenvalue weighted by Gasteiger charge is -2.20. The molecule has 0 spiro atoms. The number of hydrogen-bond acceptors (Lipinski definition) is 5. The second-order valence-electron chi connectivity index (χ2n) is 13.0. The molecule has 0 fully saturated rings. The Hall–Kier alpha value is -6.61. The molecule has 9 nitrogen and oxygen atoms in total. The molecule has 0 saturated heterocycles. The van der Waals surface area contributed by atoms with Gasteiger partial charge in [-0.25, -0.2) is 0 Å². The Bertz CT molecular complexity index is 2370. The fourth-order valence-electron chi connectivity index (χ4n) is 7.72. The third-order valence-corrected chi connectivity index (χ3v) is 10.4. The smallest absolute Gasteiger partial charge is 0.119 e. The van der Waals surface area contributed by atoms with Gasteiger partial charge in [-0.15, -0.1) is 0 Å². The Labute approximate surface area is 299 Å². The summed E-state index contributed by atoms with van der Waals surface area (Å²) in [6.07, 6.45) is 10.4. The van der Waals surface area contributed by atoms with E-state index >= 15 is 0 Å². The molecule has 9 heteroatoms. The number of fused-ring (bicyclic) bond motifs is 4. The number of methoxy groups -OCH3 is 4. The first-order valence-corrected chi connectivity index (χ1v) is 17.1. The molecular formula is C43H37N5O4. The Kier molecular flexibility index (Phi) is 7.61. The summed E-state index contributed by atoms with van der Waals surface area (Å²) >= 11 is 0. The van der Waals surface area contributed by atoms with Crippen LogP contribution in [0.1, 0.15) is 45.3 Å². The van der Waals surface area contributed by atoms with Crippen LogP contribution >= 0.6 is 0 Å². The molecule has 0 aliphatic heterocycles. The summed E-state index contributed by atoms with van der Waals surface area (Å²) in [6, 6.07) is 28.9. The zero-order valence-electron chi connectivity index (χ0n) is 29.2. The maximum atomic E-state index is 5.66. The number of ether oxygens (including phenoxy) is 4. The highest BCUT2D eigenvalue weighted by atomic mass is 16.5. The Morgan fingerprint density at radius 3 is 1.08 bits per heavy atom. The predicted molar refractivity (Wildman–Crippen MR) is 206 cm³/mol. The molecule has 4 aromatic carbocycles. The molecular weight excluding hydrogens is 651 g/mol. The molecule has 4 N–H and O–H groups in total. The molecule has 9 aromatic rings. The minimum Gasteiger partial charge on any atom is -0.497 e. The van der Waals surface area contributed by atoms with Crippen LogP contribution < -0.4 is 18.9 Å². The number of benzene rings is 4. The Balaban J connectivity index is 1.24. The van der Waals surface area contributed by atoms with Gasteiger partial charge >= 0.3 is 0 Å². The second kappa shape index (κ2) is 12.6. The van der Waals surface area contributed by atoms with Gasteiger partial charge in [0.2, 0.25) is 0 Å². The van der Waals surface area contributed by atoms with E-state index in [9.17, 15) is 0 Å². The fourth-order valence-corrected chi connectivity index (χ4v) is 7.72. The van der Waals surface area contributed by atoms with Gasteiger partial charge in [0.05, 0.1) is 40.1 Å². The number of nitrogens with zero attached hydrogens (tertiary/aromatic N) is 1. The Morgan fingerprint density at radius 2 is 0.769 bits per heavy atom. The lowest BCUT2D eigenvalue weighted by atomic mass is 9.84. The van der Waals surface area contributed by atoms with E-state index in [2.05, 4.69) is 105 Å². The van der Waals surface area contributed by atoms with Crippen LogP contribution in [0.5, 0.6) is 23.0 Å². The zero-order chi connectivity index (χ0) is 35.3. The van der Waals surface area contributed by atoms with E-state index in [0.717, 1.165) is 100 Å². The van der Waals surface area contributed by atoms with Gasteiger partial charge in [0.25, 0.3) is 0 Å². The number of aromatic nitrogens is 5. The van der Waals surface area contributed by atoms with Gasteiger partial charge in [0, 0.05) is 80.5 Å². The second-order valence-corrected chi connectivity index (χ2v) is 13.0. The van der Waals surface area contributed by atoms with Crippen LogP contribution in [0.3, 0.4) is 0 Å². The van der Waals surface area contributed by atoms with Crippen molar-refractivity contribution in [2.24, 2.45) is 0 Å². The predicted octanol–water partition coefficient (Wildman–Crippen LogP) is 9.40. The highest BCUT2D eigenvalue weighted by Crippen LogP contribution is 2.43. The van der Waals surface area contributed by atoms with E-state index in [4.69, 9.17) is 23.9 Å². The first kappa shape index (κ1) is 31.4. The van der Waals surface area contributed by atoms with Crippen molar-refractivity contribution in [1.82, 2.24) is 24.9 Å². The van der Waals surface area contributed by atoms with Gasteiger partial charge in [0.1, 0.15) is 23.0 Å². The highest BCUT2D eigenvalue weighted by molar-refractivity contribution is 5.92. The van der Waals surface area contributed by atoms with Gasteiger partial charge in [-0.1, -0.05) is 6.07 Å². The number of nitrogens with one attached hydrogen (secondary N) is 4. The molecule has 258 valence electrons. The largest absolute Gasteiger partial charge is 0.497 e. The van der Waals surface area contributed by atoms with Crippen LogP contribution in [-0.2, 0) is 0 Å². The van der Waals surface area contributed by atoms with Crippen LogP contribution in [0, 0.1) is 0 Å². The lowest BCUT2D eigenvalue weighted by molar-refractivity contribution is 0.415. The minimum absolute atomic E-state index is 0.156. The van der Waals surface area contributed by atoms with Crippen molar-refractivity contribution in [3.8, 4) is 23.0 Å². The van der Waals surface area contributed by atoms with E-state index < -0.39 is 0 Å². The molecule has 9 rings (SSSR count). The molecule has 0 atom stereocenters.